The average Bonchev–Trinajstić information content (AvgIpc) is 2.72. The number of nitrogens with one attached hydrogen (secondary N) is 1. The summed E-state index contributed by atoms with van der Waals surface area (Å²) in [6.07, 6.45) is 3.18. The van der Waals surface area contributed by atoms with E-state index >= 15 is 0 Å². The first kappa shape index (κ1) is 13.3. The Bertz CT molecular complexity index is 447. The highest BCUT2D eigenvalue weighted by Gasteiger charge is 2.23. The van der Waals surface area contributed by atoms with Crippen molar-refractivity contribution in [3.63, 3.8) is 0 Å². The van der Waals surface area contributed by atoms with Gasteiger partial charge in [0.2, 0.25) is 0 Å². The molecule has 1 aromatic rings. The Morgan fingerprint density at radius 1 is 1.44 bits per heavy atom. The lowest BCUT2D eigenvalue weighted by Crippen LogP contribution is -2.29. The Hall–Kier alpha value is -1.09. The molecule has 18 heavy (non-hydrogen) atoms. The van der Waals surface area contributed by atoms with Crippen LogP contribution in [-0.4, -0.2) is 22.8 Å². The predicted octanol–water partition coefficient (Wildman–Crippen LogP) is 2.84. The minimum atomic E-state index is -0.0296. The van der Waals surface area contributed by atoms with E-state index in [1.165, 1.54) is 0 Å². The molecule has 1 aliphatic carbocycles. The highest BCUT2D eigenvalue weighted by Crippen LogP contribution is 2.28. The monoisotopic (exact) mass is 266 g/mol. The number of rotatable bonds is 3. The molecule has 1 aliphatic rings. The fourth-order valence-electron chi connectivity index (χ4n) is 2.46. The zero-order chi connectivity index (χ0) is 13.1. The number of halogens is 1. The summed E-state index contributed by atoms with van der Waals surface area (Å²) in [5.41, 5.74) is 2.39. The average molecular weight is 267 g/mol. The fraction of sp³-hybridized carbons (Fsp3) is 0.571. The smallest absolute Gasteiger partial charge is 0.253 e. The van der Waals surface area contributed by atoms with Crippen LogP contribution in [0, 0.1) is 19.8 Å². The second kappa shape index (κ2) is 5.70. The number of hydrogen-bond acceptors (Lipinski definition) is 2. The van der Waals surface area contributed by atoms with Gasteiger partial charge in [0.1, 0.15) is 0 Å². The molecule has 0 aliphatic heterocycles. The number of carbonyl (C=O) groups is 1. The molecule has 4 heteroatoms. The maximum absolute atomic E-state index is 12.0. The lowest BCUT2D eigenvalue weighted by molar-refractivity contribution is 0.0946. The third-order valence-corrected chi connectivity index (χ3v) is 3.89. The molecule has 2 unspecified atom stereocenters. The number of carbonyl (C=O) groups excluding carboxylic acids is 1. The van der Waals surface area contributed by atoms with Crippen LogP contribution in [0.4, 0.5) is 0 Å². The molecule has 0 spiro atoms. The van der Waals surface area contributed by atoms with Crippen molar-refractivity contribution in [1.82, 2.24) is 10.3 Å². The van der Waals surface area contributed by atoms with Crippen LogP contribution in [0.5, 0.6) is 0 Å². The third-order valence-electron chi connectivity index (χ3n) is 3.50. The molecule has 1 amide bonds. The molecule has 0 aromatic carbocycles. The van der Waals surface area contributed by atoms with Crippen LogP contribution < -0.4 is 5.32 Å². The summed E-state index contributed by atoms with van der Waals surface area (Å²) in [6, 6.07) is 3.71. The molecule has 1 fully saturated rings. The number of aryl methyl sites for hydroxylation is 2. The van der Waals surface area contributed by atoms with E-state index in [0.717, 1.165) is 37.2 Å². The minimum Gasteiger partial charge on any atom is -0.352 e. The van der Waals surface area contributed by atoms with Crippen molar-refractivity contribution in [1.29, 1.82) is 0 Å². The lowest BCUT2D eigenvalue weighted by Gasteiger charge is -2.12. The molecule has 0 radical (unpaired) electrons. The summed E-state index contributed by atoms with van der Waals surface area (Å²) >= 11 is 6.06. The topological polar surface area (TPSA) is 42.0 Å². The molecule has 1 aromatic heterocycles. The molecule has 2 rings (SSSR count). The van der Waals surface area contributed by atoms with Crippen LogP contribution in [-0.2, 0) is 0 Å². The van der Waals surface area contributed by atoms with Gasteiger partial charge in [-0.3, -0.25) is 9.78 Å². The van der Waals surface area contributed by atoms with Crippen LogP contribution in [0.15, 0.2) is 12.1 Å². The Kier molecular flexibility index (Phi) is 4.23. The van der Waals surface area contributed by atoms with Gasteiger partial charge in [-0.1, -0.05) is 0 Å². The van der Waals surface area contributed by atoms with Crippen LogP contribution >= 0.6 is 11.6 Å². The van der Waals surface area contributed by atoms with E-state index in [4.69, 9.17) is 11.6 Å². The molecule has 0 saturated heterocycles. The van der Waals surface area contributed by atoms with Crippen molar-refractivity contribution < 1.29 is 4.79 Å². The predicted molar refractivity (Wildman–Crippen MR) is 73.0 cm³/mol. The largest absolute Gasteiger partial charge is 0.352 e. The summed E-state index contributed by atoms with van der Waals surface area (Å²) in [5.74, 6) is 0.494. The highest BCUT2D eigenvalue weighted by molar-refractivity contribution is 6.20. The van der Waals surface area contributed by atoms with Crippen molar-refractivity contribution >= 4 is 17.5 Å². The summed E-state index contributed by atoms with van der Waals surface area (Å²) in [7, 11) is 0. The first-order valence-electron chi connectivity index (χ1n) is 6.43. The van der Waals surface area contributed by atoms with Crippen LogP contribution in [0.3, 0.4) is 0 Å². The maximum atomic E-state index is 12.0. The van der Waals surface area contributed by atoms with Gasteiger partial charge < -0.3 is 5.32 Å². The fourth-order valence-corrected chi connectivity index (χ4v) is 2.84. The van der Waals surface area contributed by atoms with Gasteiger partial charge in [-0.15, -0.1) is 11.6 Å². The van der Waals surface area contributed by atoms with Gasteiger partial charge in [-0.05, 0) is 51.2 Å². The van der Waals surface area contributed by atoms with Gasteiger partial charge in [0.25, 0.3) is 5.91 Å². The minimum absolute atomic E-state index is 0.0296. The van der Waals surface area contributed by atoms with Crippen molar-refractivity contribution in [2.24, 2.45) is 5.92 Å². The van der Waals surface area contributed by atoms with Crippen LogP contribution in [0.1, 0.15) is 41.0 Å². The molecule has 1 heterocycles. The first-order chi connectivity index (χ1) is 8.56. The molecule has 1 N–H and O–H groups in total. The number of pyridine rings is 1. The summed E-state index contributed by atoms with van der Waals surface area (Å²) in [5, 5.41) is 3.27. The first-order valence-corrected chi connectivity index (χ1v) is 6.86. The van der Waals surface area contributed by atoms with Crippen LogP contribution in [0.2, 0.25) is 0 Å². The number of hydrogen-bond donors (Lipinski definition) is 1. The molecule has 2 atom stereocenters. The molecular weight excluding hydrogens is 248 g/mol. The Balaban J connectivity index is 1.91. The molecule has 0 bridgehead atoms. The normalized spacial score (nSPS) is 23.1. The zero-order valence-corrected chi connectivity index (χ0v) is 11.6. The van der Waals surface area contributed by atoms with Gasteiger partial charge in [-0.25, -0.2) is 0 Å². The van der Waals surface area contributed by atoms with Gasteiger partial charge >= 0.3 is 0 Å². The van der Waals surface area contributed by atoms with Gasteiger partial charge in [0.15, 0.2) is 0 Å². The van der Waals surface area contributed by atoms with Crippen molar-refractivity contribution in [3.8, 4) is 0 Å². The van der Waals surface area contributed by atoms with E-state index in [9.17, 15) is 4.79 Å². The quantitative estimate of drug-likeness (QED) is 0.855. The third kappa shape index (κ3) is 3.22. The van der Waals surface area contributed by atoms with Crippen LogP contribution in [0.25, 0.3) is 0 Å². The summed E-state index contributed by atoms with van der Waals surface area (Å²) in [4.78, 5) is 16.3. The molecule has 3 nitrogen and oxygen atoms in total. The molecular formula is C14H19ClN2O. The van der Waals surface area contributed by atoms with E-state index in [1.807, 2.05) is 26.0 Å². The van der Waals surface area contributed by atoms with E-state index in [-0.39, 0.29) is 11.3 Å². The second-order valence-corrected chi connectivity index (χ2v) is 5.69. The zero-order valence-electron chi connectivity index (χ0n) is 10.9. The van der Waals surface area contributed by atoms with E-state index in [2.05, 4.69) is 10.3 Å². The lowest BCUT2D eigenvalue weighted by atomic mass is 10.1. The Morgan fingerprint density at radius 3 is 2.83 bits per heavy atom. The number of nitrogens with zero attached hydrogens (tertiary/aromatic N) is 1. The molecule has 98 valence electrons. The van der Waals surface area contributed by atoms with Crippen molar-refractivity contribution in [3.05, 3.63) is 29.1 Å². The highest BCUT2D eigenvalue weighted by atomic mass is 35.5. The van der Waals surface area contributed by atoms with Gasteiger partial charge in [0.05, 0.1) is 11.3 Å². The van der Waals surface area contributed by atoms with Gasteiger partial charge in [0, 0.05) is 17.6 Å². The molecule has 1 saturated carbocycles. The van der Waals surface area contributed by atoms with Crippen molar-refractivity contribution in [2.75, 3.05) is 6.54 Å². The Labute approximate surface area is 113 Å². The van der Waals surface area contributed by atoms with Gasteiger partial charge in [-0.2, -0.15) is 0 Å². The van der Waals surface area contributed by atoms with E-state index in [1.54, 1.807) is 0 Å². The van der Waals surface area contributed by atoms with Crippen molar-refractivity contribution in [2.45, 2.75) is 38.5 Å². The Morgan fingerprint density at radius 2 is 2.22 bits per heavy atom. The number of aromatic nitrogens is 1. The summed E-state index contributed by atoms with van der Waals surface area (Å²) in [6.45, 7) is 4.51. The number of alkyl halides is 1. The summed E-state index contributed by atoms with van der Waals surface area (Å²) < 4.78 is 0. The van der Waals surface area contributed by atoms with E-state index in [0.29, 0.717) is 11.5 Å². The standard InChI is InChI=1S/C14H19ClN2O/c1-9-3-6-13(10(2)17-9)14(18)16-8-11-4-5-12(15)7-11/h3,6,11-12H,4-5,7-8H2,1-2H3,(H,16,18). The number of amides is 1. The second-order valence-electron chi connectivity index (χ2n) is 5.07. The maximum Gasteiger partial charge on any atom is 0.253 e. The van der Waals surface area contributed by atoms with E-state index < -0.39 is 0 Å². The SMILES string of the molecule is Cc1ccc(C(=O)NCC2CCC(Cl)C2)c(C)n1.